The maximum atomic E-state index is 12.6. The Morgan fingerprint density at radius 1 is 1.40 bits per heavy atom. The number of hydrogen-bond donors (Lipinski definition) is 0. The van der Waals surface area contributed by atoms with Crippen molar-refractivity contribution < 1.29 is 13.9 Å². The smallest absolute Gasteiger partial charge is 0.213 e. The van der Waals surface area contributed by atoms with Gasteiger partial charge in [0.15, 0.2) is 6.36 Å². The van der Waals surface area contributed by atoms with Gasteiger partial charge < -0.3 is 9.47 Å². The topological polar surface area (TPSA) is 31.4 Å². The summed E-state index contributed by atoms with van der Waals surface area (Å²) in [6.07, 6.45) is 0.891. The van der Waals surface area contributed by atoms with Gasteiger partial charge in [0.2, 0.25) is 5.88 Å². The van der Waals surface area contributed by atoms with Crippen molar-refractivity contribution in [1.29, 1.82) is 0 Å². The number of rotatable bonds is 6. The van der Waals surface area contributed by atoms with Crippen LogP contribution < -0.4 is 4.74 Å². The van der Waals surface area contributed by atoms with Crippen LogP contribution in [0.4, 0.5) is 4.39 Å². The normalized spacial score (nSPS) is 12.5. The van der Waals surface area contributed by atoms with E-state index in [1.165, 1.54) is 0 Å². The SMILES string of the molecule is CCC(F)OCCOc1ccc(C)cn1. The molecule has 1 aromatic rings. The molecule has 0 fully saturated rings. The van der Waals surface area contributed by atoms with E-state index in [2.05, 4.69) is 4.98 Å². The summed E-state index contributed by atoms with van der Waals surface area (Å²) in [4.78, 5) is 4.04. The zero-order valence-electron chi connectivity index (χ0n) is 9.07. The van der Waals surface area contributed by atoms with Crippen LogP contribution in [0.3, 0.4) is 0 Å². The van der Waals surface area contributed by atoms with Gasteiger partial charge in [0, 0.05) is 18.7 Å². The van der Waals surface area contributed by atoms with Gasteiger partial charge in [-0.25, -0.2) is 9.37 Å². The maximum Gasteiger partial charge on any atom is 0.213 e. The molecule has 0 spiro atoms. The number of nitrogens with zero attached hydrogens (tertiary/aromatic N) is 1. The maximum absolute atomic E-state index is 12.6. The van der Waals surface area contributed by atoms with Gasteiger partial charge in [-0.3, -0.25) is 0 Å². The van der Waals surface area contributed by atoms with Crippen LogP contribution in [-0.4, -0.2) is 24.6 Å². The van der Waals surface area contributed by atoms with E-state index >= 15 is 0 Å². The second kappa shape index (κ2) is 6.35. The number of aryl methyl sites for hydroxylation is 1. The van der Waals surface area contributed by atoms with Gasteiger partial charge in [-0.2, -0.15) is 0 Å². The van der Waals surface area contributed by atoms with E-state index in [1.807, 2.05) is 13.0 Å². The molecule has 0 bridgehead atoms. The number of ether oxygens (including phenoxy) is 2. The molecule has 0 aliphatic heterocycles. The first-order valence-corrected chi connectivity index (χ1v) is 5.03. The Morgan fingerprint density at radius 3 is 2.80 bits per heavy atom. The molecule has 84 valence electrons. The minimum Gasteiger partial charge on any atom is -0.475 e. The van der Waals surface area contributed by atoms with Crippen LogP contribution in [-0.2, 0) is 4.74 Å². The summed E-state index contributed by atoms with van der Waals surface area (Å²) in [7, 11) is 0. The van der Waals surface area contributed by atoms with E-state index in [4.69, 9.17) is 9.47 Å². The van der Waals surface area contributed by atoms with E-state index in [1.54, 1.807) is 19.2 Å². The highest BCUT2D eigenvalue weighted by Gasteiger charge is 2.02. The third-order valence-electron chi connectivity index (χ3n) is 1.84. The number of hydrogen-bond acceptors (Lipinski definition) is 3. The highest BCUT2D eigenvalue weighted by Crippen LogP contribution is 2.06. The molecular formula is C11H16FNO2. The van der Waals surface area contributed by atoms with E-state index in [0.717, 1.165) is 5.56 Å². The molecule has 0 radical (unpaired) electrons. The van der Waals surface area contributed by atoms with Crippen LogP contribution in [0.5, 0.6) is 5.88 Å². The molecule has 0 saturated heterocycles. The van der Waals surface area contributed by atoms with E-state index in [9.17, 15) is 4.39 Å². The highest BCUT2D eigenvalue weighted by molar-refractivity contribution is 5.16. The van der Waals surface area contributed by atoms with Crippen molar-refractivity contribution in [2.45, 2.75) is 26.6 Å². The number of halogens is 1. The summed E-state index contributed by atoms with van der Waals surface area (Å²) in [6, 6.07) is 3.69. The Balaban J connectivity index is 2.17. The Labute approximate surface area is 89.2 Å². The molecule has 0 aromatic carbocycles. The molecule has 1 atom stereocenters. The molecule has 4 heteroatoms. The second-order valence-electron chi connectivity index (χ2n) is 3.21. The second-order valence-corrected chi connectivity index (χ2v) is 3.21. The van der Waals surface area contributed by atoms with Gasteiger partial charge in [0.1, 0.15) is 6.61 Å². The molecule has 0 amide bonds. The molecule has 3 nitrogen and oxygen atoms in total. The Hall–Kier alpha value is -1.16. The minimum atomic E-state index is -1.19. The fraction of sp³-hybridized carbons (Fsp3) is 0.545. The molecule has 15 heavy (non-hydrogen) atoms. The lowest BCUT2D eigenvalue weighted by Gasteiger charge is -2.08. The van der Waals surface area contributed by atoms with Crippen molar-refractivity contribution >= 4 is 0 Å². The third kappa shape index (κ3) is 4.74. The zero-order valence-corrected chi connectivity index (χ0v) is 9.07. The fourth-order valence-corrected chi connectivity index (χ4v) is 0.980. The molecular weight excluding hydrogens is 197 g/mol. The van der Waals surface area contributed by atoms with Crippen LogP contribution in [0.2, 0.25) is 0 Å². The quantitative estimate of drug-likeness (QED) is 0.680. The molecule has 1 aromatic heterocycles. The van der Waals surface area contributed by atoms with Crippen molar-refractivity contribution in [3.63, 3.8) is 0 Å². The van der Waals surface area contributed by atoms with E-state index in [-0.39, 0.29) is 6.61 Å². The predicted octanol–water partition coefficient (Wildman–Crippen LogP) is 2.49. The summed E-state index contributed by atoms with van der Waals surface area (Å²) >= 11 is 0. The monoisotopic (exact) mass is 213 g/mol. The van der Waals surface area contributed by atoms with E-state index in [0.29, 0.717) is 18.9 Å². The van der Waals surface area contributed by atoms with E-state index < -0.39 is 6.36 Å². The summed E-state index contributed by atoms with van der Waals surface area (Å²) in [5, 5.41) is 0. The van der Waals surface area contributed by atoms with Gasteiger partial charge >= 0.3 is 0 Å². The lowest BCUT2D eigenvalue weighted by molar-refractivity contribution is -0.0498. The minimum absolute atomic E-state index is 0.241. The summed E-state index contributed by atoms with van der Waals surface area (Å²) in [5.41, 5.74) is 1.08. The first-order chi connectivity index (χ1) is 7.22. The third-order valence-corrected chi connectivity index (χ3v) is 1.84. The number of pyridine rings is 1. The average molecular weight is 213 g/mol. The largest absolute Gasteiger partial charge is 0.475 e. The molecule has 1 rings (SSSR count). The van der Waals surface area contributed by atoms with Gasteiger partial charge in [0.25, 0.3) is 0 Å². The van der Waals surface area contributed by atoms with Crippen LogP contribution >= 0.6 is 0 Å². The number of alkyl halides is 1. The van der Waals surface area contributed by atoms with Crippen molar-refractivity contribution in [1.82, 2.24) is 4.98 Å². The predicted molar refractivity (Wildman–Crippen MR) is 55.6 cm³/mol. The molecule has 1 heterocycles. The van der Waals surface area contributed by atoms with Crippen LogP contribution in [0.25, 0.3) is 0 Å². The van der Waals surface area contributed by atoms with Gasteiger partial charge in [0.05, 0.1) is 6.61 Å². The molecule has 0 aliphatic rings. The fourth-order valence-electron chi connectivity index (χ4n) is 0.980. The molecule has 0 N–H and O–H groups in total. The van der Waals surface area contributed by atoms with Gasteiger partial charge in [-0.1, -0.05) is 13.0 Å². The lowest BCUT2D eigenvalue weighted by Crippen LogP contribution is -2.12. The number of aromatic nitrogens is 1. The zero-order chi connectivity index (χ0) is 11.1. The van der Waals surface area contributed by atoms with Crippen molar-refractivity contribution in [3.8, 4) is 5.88 Å². The van der Waals surface area contributed by atoms with Crippen LogP contribution in [0.1, 0.15) is 18.9 Å². The highest BCUT2D eigenvalue weighted by atomic mass is 19.1. The van der Waals surface area contributed by atoms with Gasteiger partial charge in [-0.05, 0) is 12.5 Å². The first kappa shape index (κ1) is 11.9. The van der Waals surface area contributed by atoms with Crippen molar-refractivity contribution in [2.75, 3.05) is 13.2 Å². The molecule has 1 unspecified atom stereocenters. The standard InChI is InChI=1S/C11H16FNO2/c1-3-10(12)14-6-7-15-11-5-4-9(2)8-13-11/h4-5,8,10H,3,6-7H2,1-2H3. The summed E-state index contributed by atoms with van der Waals surface area (Å²) in [6.45, 7) is 4.24. The Kier molecular flexibility index (Phi) is 5.04. The first-order valence-electron chi connectivity index (χ1n) is 5.03. The average Bonchev–Trinajstić information content (AvgIpc) is 2.26. The lowest BCUT2D eigenvalue weighted by atomic mass is 10.3. The summed E-state index contributed by atoms with van der Waals surface area (Å²) < 4.78 is 22.7. The Bertz CT molecular complexity index is 276. The van der Waals surface area contributed by atoms with Crippen LogP contribution in [0.15, 0.2) is 18.3 Å². The van der Waals surface area contributed by atoms with Crippen molar-refractivity contribution in [2.24, 2.45) is 0 Å². The molecule has 0 saturated carbocycles. The van der Waals surface area contributed by atoms with Gasteiger partial charge in [-0.15, -0.1) is 0 Å². The van der Waals surface area contributed by atoms with Crippen molar-refractivity contribution in [3.05, 3.63) is 23.9 Å². The van der Waals surface area contributed by atoms with Crippen LogP contribution in [0, 0.1) is 6.92 Å². The Morgan fingerprint density at radius 2 is 2.20 bits per heavy atom. The molecule has 0 aliphatic carbocycles. The summed E-state index contributed by atoms with van der Waals surface area (Å²) in [5.74, 6) is 0.538.